The zero-order valence-corrected chi connectivity index (χ0v) is 13.5. The first kappa shape index (κ1) is 15.8. The number of rotatable bonds is 5. The zero-order valence-electron chi connectivity index (χ0n) is 12.7. The minimum Gasteiger partial charge on any atom is -0.482 e. The fourth-order valence-electron chi connectivity index (χ4n) is 1.74. The molecule has 0 spiro atoms. The van der Waals surface area contributed by atoms with Crippen molar-refractivity contribution in [2.24, 2.45) is 0 Å². The third kappa shape index (κ3) is 4.72. The highest BCUT2D eigenvalue weighted by Gasteiger charge is 2.14. The van der Waals surface area contributed by atoms with Crippen molar-refractivity contribution in [3.05, 3.63) is 40.6 Å². The second-order valence-corrected chi connectivity index (χ2v) is 6.24. The predicted octanol–water partition coefficient (Wildman–Crippen LogP) is 3.50. The van der Waals surface area contributed by atoms with Crippen LogP contribution in [0.5, 0.6) is 5.75 Å². The number of ether oxygens (including phenoxy) is 1. The number of aromatic nitrogens is 2. The summed E-state index contributed by atoms with van der Waals surface area (Å²) in [4.78, 5) is 0. The van der Waals surface area contributed by atoms with E-state index < -0.39 is 0 Å². The molecule has 0 aliphatic rings. The highest BCUT2D eigenvalue weighted by molar-refractivity contribution is 6.32. The van der Waals surface area contributed by atoms with E-state index in [0.29, 0.717) is 29.1 Å². The van der Waals surface area contributed by atoms with Gasteiger partial charge < -0.3 is 14.5 Å². The molecule has 21 heavy (non-hydrogen) atoms. The number of benzene rings is 1. The molecule has 1 N–H and O–H groups in total. The lowest BCUT2D eigenvalue weighted by Gasteiger charge is -2.22. The molecule has 0 atom stereocenters. The lowest BCUT2D eigenvalue weighted by Crippen LogP contribution is -2.35. The molecule has 0 bridgehead atoms. The van der Waals surface area contributed by atoms with Gasteiger partial charge in [0, 0.05) is 24.6 Å². The standard InChI is InChI=1S/C15H20ClN3O2/c1-10-18-19-13(21-10)9-20-14-11(6-5-7-12(14)16)8-17-15(2,3)4/h5-7,17H,8-9H2,1-4H3. The van der Waals surface area contributed by atoms with Gasteiger partial charge in [-0.1, -0.05) is 23.7 Å². The molecule has 1 heterocycles. The van der Waals surface area contributed by atoms with Crippen LogP contribution in [0.1, 0.15) is 38.1 Å². The Morgan fingerprint density at radius 1 is 1.29 bits per heavy atom. The average molecular weight is 310 g/mol. The Balaban J connectivity index is 2.10. The summed E-state index contributed by atoms with van der Waals surface area (Å²) in [5.41, 5.74) is 1.01. The summed E-state index contributed by atoms with van der Waals surface area (Å²) in [6.07, 6.45) is 0. The lowest BCUT2D eigenvalue weighted by molar-refractivity contribution is 0.257. The lowest BCUT2D eigenvalue weighted by atomic mass is 10.1. The minimum absolute atomic E-state index is 0.0171. The number of hydrogen-bond acceptors (Lipinski definition) is 5. The average Bonchev–Trinajstić information content (AvgIpc) is 2.80. The highest BCUT2D eigenvalue weighted by atomic mass is 35.5. The summed E-state index contributed by atoms with van der Waals surface area (Å²) in [6, 6.07) is 5.70. The maximum Gasteiger partial charge on any atom is 0.253 e. The topological polar surface area (TPSA) is 60.2 Å². The molecule has 0 saturated carbocycles. The monoisotopic (exact) mass is 309 g/mol. The van der Waals surface area contributed by atoms with Crippen LogP contribution in [0.2, 0.25) is 5.02 Å². The first-order valence-corrected chi connectivity index (χ1v) is 7.17. The van der Waals surface area contributed by atoms with Crippen molar-refractivity contribution in [2.45, 2.75) is 46.4 Å². The third-order valence-electron chi connectivity index (χ3n) is 2.77. The van der Waals surface area contributed by atoms with Gasteiger partial charge in [0.25, 0.3) is 5.89 Å². The largest absolute Gasteiger partial charge is 0.482 e. The SMILES string of the molecule is Cc1nnc(COc2c(Cl)cccc2CNC(C)(C)C)o1. The number of halogens is 1. The maximum atomic E-state index is 6.23. The molecule has 0 unspecified atom stereocenters. The van der Waals surface area contributed by atoms with Crippen LogP contribution in [0.3, 0.4) is 0 Å². The normalized spacial score (nSPS) is 11.7. The van der Waals surface area contributed by atoms with Gasteiger partial charge in [0.05, 0.1) is 5.02 Å². The van der Waals surface area contributed by atoms with Gasteiger partial charge in [0.1, 0.15) is 5.75 Å². The quantitative estimate of drug-likeness (QED) is 0.916. The molecular weight excluding hydrogens is 290 g/mol. The Bertz CT molecular complexity index is 605. The van der Waals surface area contributed by atoms with Crippen LogP contribution in [0, 0.1) is 6.92 Å². The van der Waals surface area contributed by atoms with E-state index in [0.717, 1.165) is 5.56 Å². The van der Waals surface area contributed by atoms with Crippen molar-refractivity contribution >= 4 is 11.6 Å². The molecule has 1 aromatic carbocycles. The van der Waals surface area contributed by atoms with Crippen molar-refractivity contribution in [2.75, 3.05) is 0 Å². The predicted molar refractivity (Wildman–Crippen MR) is 81.4 cm³/mol. The van der Waals surface area contributed by atoms with Gasteiger partial charge in [-0.05, 0) is 26.8 Å². The first-order valence-electron chi connectivity index (χ1n) is 6.79. The van der Waals surface area contributed by atoms with Gasteiger partial charge in [0.15, 0.2) is 6.61 Å². The second-order valence-electron chi connectivity index (χ2n) is 5.84. The molecule has 0 fully saturated rings. The summed E-state index contributed by atoms with van der Waals surface area (Å²) in [7, 11) is 0. The van der Waals surface area contributed by atoms with Crippen LogP contribution in [0.25, 0.3) is 0 Å². The zero-order chi connectivity index (χ0) is 15.5. The minimum atomic E-state index is 0.0171. The summed E-state index contributed by atoms with van der Waals surface area (Å²) < 4.78 is 11.1. The number of hydrogen-bond donors (Lipinski definition) is 1. The van der Waals surface area contributed by atoms with Gasteiger partial charge in [0.2, 0.25) is 5.89 Å². The van der Waals surface area contributed by atoms with E-state index in [2.05, 4.69) is 36.3 Å². The molecule has 1 aromatic heterocycles. The summed E-state index contributed by atoms with van der Waals surface area (Å²) in [5, 5.41) is 11.7. The fourth-order valence-corrected chi connectivity index (χ4v) is 1.99. The molecule has 6 heteroatoms. The van der Waals surface area contributed by atoms with E-state index in [9.17, 15) is 0 Å². The van der Waals surface area contributed by atoms with Crippen LogP contribution >= 0.6 is 11.6 Å². The Hall–Kier alpha value is -1.59. The molecule has 5 nitrogen and oxygen atoms in total. The molecule has 0 aliphatic heterocycles. The summed E-state index contributed by atoms with van der Waals surface area (Å²) in [6.45, 7) is 8.94. The number of aryl methyl sites for hydroxylation is 1. The molecule has 0 radical (unpaired) electrons. The Labute approximate surface area is 129 Å². The van der Waals surface area contributed by atoms with Crippen LogP contribution in [0.4, 0.5) is 0 Å². The smallest absolute Gasteiger partial charge is 0.253 e. The van der Waals surface area contributed by atoms with Gasteiger partial charge in [-0.25, -0.2) is 0 Å². The van der Waals surface area contributed by atoms with Crippen LogP contribution in [-0.4, -0.2) is 15.7 Å². The van der Waals surface area contributed by atoms with Crippen LogP contribution in [-0.2, 0) is 13.2 Å². The second kappa shape index (κ2) is 6.45. The Morgan fingerprint density at radius 2 is 2.05 bits per heavy atom. The summed E-state index contributed by atoms with van der Waals surface area (Å²) >= 11 is 6.23. The van der Waals surface area contributed by atoms with Crippen molar-refractivity contribution in [3.63, 3.8) is 0 Å². The highest BCUT2D eigenvalue weighted by Crippen LogP contribution is 2.29. The van der Waals surface area contributed by atoms with E-state index >= 15 is 0 Å². The van der Waals surface area contributed by atoms with Crippen LogP contribution < -0.4 is 10.1 Å². The van der Waals surface area contributed by atoms with Gasteiger partial charge >= 0.3 is 0 Å². The van der Waals surface area contributed by atoms with E-state index in [4.69, 9.17) is 20.8 Å². The van der Waals surface area contributed by atoms with Gasteiger partial charge in [-0.2, -0.15) is 0 Å². The third-order valence-corrected chi connectivity index (χ3v) is 3.06. The molecule has 0 amide bonds. The molecular formula is C15H20ClN3O2. The molecule has 0 aliphatic carbocycles. The van der Waals surface area contributed by atoms with Crippen molar-refractivity contribution in [1.82, 2.24) is 15.5 Å². The Morgan fingerprint density at radius 3 is 2.67 bits per heavy atom. The number of nitrogens with one attached hydrogen (secondary N) is 1. The number of para-hydroxylation sites is 1. The maximum absolute atomic E-state index is 6.23. The molecule has 114 valence electrons. The van der Waals surface area contributed by atoms with E-state index in [1.54, 1.807) is 13.0 Å². The van der Waals surface area contributed by atoms with Gasteiger partial charge in [-0.15, -0.1) is 10.2 Å². The molecule has 2 aromatic rings. The van der Waals surface area contributed by atoms with E-state index in [1.165, 1.54) is 0 Å². The molecule has 2 rings (SSSR count). The van der Waals surface area contributed by atoms with Crippen molar-refractivity contribution < 1.29 is 9.15 Å². The van der Waals surface area contributed by atoms with Crippen molar-refractivity contribution in [3.8, 4) is 5.75 Å². The number of nitrogens with zero attached hydrogens (tertiary/aromatic N) is 2. The Kier molecular flexibility index (Phi) is 4.85. The van der Waals surface area contributed by atoms with Crippen molar-refractivity contribution in [1.29, 1.82) is 0 Å². The van der Waals surface area contributed by atoms with Crippen LogP contribution in [0.15, 0.2) is 22.6 Å². The van der Waals surface area contributed by atoms with E-state index in [1.807, 2.05) is 12.1 Å². The summed E-state index contributed by atoms with van der Waals surface area (Å²) in [5.74, 6) is 1.59. The van der Waals surface area contributed by atoms with E-state index in [-0.39, 0.29) is 12.1 Å². The fraction of sp³-hybridized carbons (Fsp3) is 0.467. The van der Waals surface area contributed by atoms with Gasteiger partial charge in [-0.3, -0.25) is 0 Å². The molecule has 0 saturated heterocycles. The first-order chi connectivity index (χ1) is 9.85.